The van der Waals surface area contributed by atoms with E-state index in [-0.39, 0.29) is 0 Å². The molecule has 0 saturated carbocycles. The van der Waals surface area contributed by atoms with E-state index < -0.39 is 17.2 Å². The Morgan fingerprint density at radius 1 is 1.33 bits per heavy atom. The number of anilines is 1. The van der Waals surface area contributed by atoms with Gasteiger partial charge in [-0.25, -0.2) is 8.78 Å². The van der Waals surface area contributed by atoms with Gasteiger partial charge in [-0.05, 0) is 25.5 Å². The average molecular weight is 215 g/mol. The zero-order valence-electron chi connectivity index (χ0n) is 8.85. The molecule has 1 rings (SSSR count). The van der Waals surface area contributed by atoms with E-state index in [0.717, 1.165) is 12.1 Å². The summed E-state index contributed by atoms with van der Waals surface area (Å²) in [6.45, 7) is 3.83. The first kappa shape index (κ1) is 11.9. The van der Waals surface area contributed by atoms with Crippen molar-refractivity contribution in [2.45, 2.75) is 25.9 Å². The molecule has 0 radical (unpaired) electrons. The molecule has 2 N–H and O–H groups in total. The lowest BCUT2D eigenvalue weighted by Crippen LogP contribution is -2.32. The number of halogens is 2. The van der Waals surface area contributed by atoms with Crippen LogP contribution in [0.25, 0.3) is 0 Å². The predicted octanol–water partition coefficient (Wildman–Crippen LogP) is 2.54. The lowest BCUT2D eigenvalue weighted by Gasteiger charge is -2.22. The second-order valence-corrected chi connectivity index (χ2v) is 3.83. The van der Waals surface area contributed by atoms with Gasteiger partial charge in [0.15, 0.2) is 11.6 Å². The summed E-state index contributed by atoms with van der Waals surface area (Å²) < 4.78 is 25.4. The molecule has 0 aromatic heterocycles. The van der Waals surface area contributed by atoms with Crippen LogP contribution in [0.3, 0.4) is 0 Å². The van der Waals surface area contributed by atoms with Gasteiger partial charge in [-0.1, -0.05) is 6.92 Å². The molecule has 1 aromatic rings. The van der Waals surface area contributed by atoms with Crippen LogP contribution >= 0.6 is 0 Å². The van der Waals surface area contributed by atoms with Crippen LogP contribution in [0.4, 0.5) is 14.5 Å². The monoisotopic (exact) mass is 215 g/mol. The molecule has 0 aliphatic heterocycles. The lowest BCUT2D eigenvalue weighted by molar-refractivity contribution is 0.0697. The number of hydrogen-bond donors (Lipinski definition) is 2. The van der Waals surface area contributed by atoms with Gasteiger partial charge in [-0.2, -0.15) is 0 Å². The maximum absolute atomic E-state index is 12.8. The van der Waals surface area contributed by atoms with E-state index in [4.69, 9.17) is 0 Å². The van der Waals surface area contributed by atoms with Crippen molar-refractivity contribution in [1.82, 2.24) is 0 Å². The summed E-state index contributed by atoms with van der Waals surface area (Å²) in [7, 11) is 0. The minimum absolute atomic E-state index is 0.300. The SMILES string of the molecule is CCC(C)(O)CNc1ccc(F)c(F)c1. The van der Waals surface area contributed by atoms with Crippen molar-refractivity contribution in [2.24, 2.45) is 0 Å². The lowest BCUT2D eigenvalue weighted by atomic mass is 10.0. The molecule has 0 amide bonds. The van der Waals surface area contributed by atoms with Crippen molar-refractivity contribution in [1.29, 1.82) is 0 Å². The highest BCUT2D eigenvalue weighted by atomic mass is 19.2. The molecule has 84 valence electrons. The zero-order chi connectivity index (χ0) is 11.5. The minimum Gasteiger partial charge on any atom is -0.388 e. The van der Waals surface area contributed by atoms with Gasteiger partial charge in [-0.15, -0.1) is 0 Å². The van der Waals surface area contributed by atoms with Crippen LogP contribution in [-0.4, -0.2) is 17.3 Å². The summed E-state index contributed by atoms with van der Waals surface area (Å²) >= 11 is 0. The van der Waals surface area contributed by atoms with Crippen molar-refractivity contribution in [3.63, 3.8) is 0 Å². The van der Waals surface area contributed by atoms with Crippen LogP contribution in [0.1, 0.15) is 20.3 Å². The second kappa shape index (κ2) is 4.57. The summed E-state index contributed by atoms with van der Waals surface area (Å²) in [6.07, 6.45) is 0.587. The highest BCUT2D eigenvalue weighted by Crippen LogP contribution is 2.15. The Hall–Kier alpha value is -1.16. The van der Waals surface area contributed by atoms with Crippen molar-refractivity contribution in [3.8, 4) is 0 Å². The maximum Gasteiger partial charge on any atom is 0.160 e. The Labute approximate surface area is 87.9 Å². The van der Waals surface area contributed by atoms with Crippen LogP contribution in [0.15, 0.2) is 18.2 Å². The fourth-order valence-corrected chi connectivity index (χ4v) is 1.02. The molecule has 2 nitrogen and oxygen atoms in total. The first-order chi connectivity index (χ1) is 6.94. The first-order valence-corrected chi connectivity index (χ1v) is 4.86. The van der Waals surface area contributed by atoms with E-state index in [9.17, 15) is 13.9 Å². The number of hydrogen-bond acceptors (Lipinski definition) is 2. The normalized spacial score (nSPS) is 14.7. The Kier molecular flexibility index (Phi) is 3.63. The third-order valence-corrected chi connectivity index (χ3v) is 2.35. The molecule has 0 fully saturated rings. The van der Waals surface area contributed by atoms with E-state index in [1.807, 2.05) is 6.92 Å². The third-order valence-electron chi connectivity index (χ3n) is 2.35. The average Bonchev–Trinajstić information content (AvgIpc) is 2.20. The maximum atomic E-state index is 12.8. The standard InChI is InChI=1S/C11H15F2NO/c1-3-11(2,15)7-14-8-4-5-9(12)10(13)6-8/h4-6,14-15H,3,7H2,1-2H3. The zero-order valence-corrected chi connectivity index (χ0v) is 8.85. The van der Waals surface area contributed by atoms with E-state index in [1.54, 1.807) is 6.92 Å². The van der Waals surface area contributed by atoms with E-state index in [0.29, 0.717) is 18.7 Å². The quantitative estimate of drug-likeness (QED) is 0.809. The summed E-state index contributed by atoms with van der Waals surface area (Å²) in [5.74, 6) is -1.76. The summed E-state index contributed by atoms with van der Waals surface area (Å²) in [5, 5.41) is 12.5. The summed E-state index contributed by atoms with van der Waals surface area (Å²) in [4.78, 5) is 0. The van der Waals surface area contributed by atoms with Crippen molar-refractivity contribution >= 4 is 5.69 Å². The number of aliphatic hydroxyl groups is 1. The number of benzene rings is 1. The first-order valence-electron chi connectivity index (χ1n) is 4.86. The summed E-state index contributed by atoms with van der Waals surface area (Å²) in [5.41, 5.74) is -0.382. The number of rotatable bonds is 4. The number of nitrogens with one attached hydrogen (secondary N) is 1. The molecule has 1 unspecified atom stereocenters. The molecule has 0 saturated heterocycles. The van der Waals surface area contributed by atoms with Crippen LogP contribution in [0, 0.1) is 11.6 Å². The van der Waals surface area contributed by atoms with Crippen molar-refractivity contribution < 1.29 is 13.9 Å². The largest absolute Gasteiger partial charge is 0.388 e. The predicted molar refractivity (Wildman–Crippen MR) is 55.8 cm³/mol. The van der Waals surface area contributed by atoms with Gasteiger partial charge in [-0.3, -0.25) is 0 Å². The molecule has 0 spiro atoms. The molecule has 4 heteroatoms. The van der Waals surface area contributed by atoms with E-state index in [2.05, 4.69) is 5.32 Å². The second-order valence-electron chi connectivity index (χ2n) is 3.83. The minimum atomic E-state index is -0.892. The molecule has 0 aliphatic rings. The molecule has 0 heterocycles. The third kappa shape index (κ3) is 3.47. The van der Waals surface area contributed by atoms with Crippen molar-refractivity contribution in [3.05, 3.63) is 29.8 Å². The van der Waals surface area contributed by atoms with Gasteiger partial charge in [0.1, 0.15) is 0 Å². The Morgan fingerprint density at radius 3 is 2.53 bits per heavy atom. The van der Waals surface area contributed by atoms with Gasteiger partial charge in [0.25, 0.3) is 0 Å². The topological polar surface area (TPSA) is 32.3 Å². The highest BCUT2D eigenvalue weighted by Gasteiger charge is 2.16. The summed E-state index contributed by atoms with van der Waals surface area (Å²) in [6, 6.07) is 3.56. The van der Waals surface area contributed by atoms with Gasteiger partial charge < -0.3 is 10.4 Å². The van der Waals surface area contributed by atoms with Crippen LogP contribution in [0.2, 0.25) is 0 Å². The van der Waals surface area contributed by atoms with Crippen molar-refractivity contribution in [2.75, 3.05) is 11.9 Å². The van der Waals surface area contributed by atoms with E-state index >= 15 is 0 Å². The Morgan fingerprint density at radius 2 is 2.00 bits per heavy atom. The van der Waals surface area contributed by atoms with Gasteiger partial charge in [0.05, 0.1) is 5.60 Å². The fourth-order valence-electron chi connectivity index (χ4n) is 1.02. The molecule has 1 atom stereocenters. The van der Waals surface area contributed by atoms with Crippen LogP contribution in [-0.2, 0) is 0 Å². The highest BCUT2D eigenvalue weighted by molar-refractivity contribution is 5.43. The molecule has 0 aliphatic carbocycles. The Bertz CT molecular complexity index is 339. The van der Waals surface area contributed by atoms with Crippen LogP contribution in [0.5, 0.6) is 0 Å². The fraction of sp³-hybridized carbons (Fsp3) is 0.455. The van der Waals surface area contributed by atoms with Gasteiger partial charge in [0, 0.05) is 18.3 Å². The molecular weight excluding hydrogens is 200 g/mol. The molecule has 15 heavy (non-hydrogen) atoms. The van der Waals surface area contributed by atoms with Gasteiger partial charge in [0.2, 0.25) is 0 Å². The van der Waals surface area contributed by atoms with Gasteiger partial charge >= 0.3 is 0 Å². The molecule has 1 aromatic carbocycles. The molecular formula is C11H15F2NO. The van der Waals surface area contributed by atoms with Crippen LogP contribution < -0.4 is 5.32 Å². The Balaban J connectivity index is 2.62. The smallest absolute Gasteiger partial charge is 0.160 e. The molecule has 0 bridgehead atoms. The van der Waals surface area contributed by atoms with E-state index in [1.165, 1.54) is 6.07 Å².